The van der Waals surface area contributed by atoms with Gasteiger partial charge in [0.15, 0.2) is 0 Å². The van der Waals surface area contributed by atoms with Crippen molar-refractivity contribution in [2.75, 3.05) is 6.61 Å². The van der Waals surface area contributed by atoms with E-state index in [1.807, 2.05) is 30.5 Å². The lowest BCUT2D eigenvalue weighted by molar-refractivity contribution is -0.147. The molecule has 0 bridgehead atoms. The summed E-state index contributed by atoms with van der Waals surface area (Å²) in [7, 11) is 0. The maximum atomic E-state index is 13.1. The number of benzene rings is 1. The number of ether oxygens (including phenoxy) is 1. The van der Waals surface area contributed by atoms with Gasteiger partial charge in [-0.15, -0.1) is 0 Å². The van der Waals surface area contributed by atoms with Crippen LogP contribution in [-0.4, -0.2) is 41.5 Å². The van der Waals surface area contributed by atoms with Gasteiger partial charge >= 0.3 is 5.97 Å². The second kappa shape index (κ2) is 10.5. The largest absolute Gasteiger partial charge is 0.464 e. The molecule has 1 aliphatic carbocycles. The van der Waals surface area contributed by atoms with E-state index in [2.05, 4.69) is 22.5 Å². The summed E-state index contributed by atoms with van der Waals surface area (Å²) < 4.78 is 4.99. The number of para-hydroxylation sites is 1. The smallest absolute Gasteiger partial charge is 0.328 e. The normalized spacial score (nSPS) is 20.6. The maximum absolute atomic E-state index is 13.1. The molecule has 1 saturated carbocycles. The average Bonchev–Trinajstić information content (AvgIpc) is 3.16. The van der Waals surface area contributed by atoms with Gasteiger partial charge in [0.25, 0.3) is 0 Å². The van der Waals surface area contributed by atoms with E-state index in [0.717, 1.165) is 42.1 Å². The number of nitrogens with one attached hydrogen (secondary N) is 3. The SMILES string of the molecule is CCOC(=O)C(C)NC(=O)C(Cc1c[nH]c2ccccc12)NC(=O)C1CCC(C)CC1. The molecule has 1 fully saturated rings. The monoisotopic (exact) mass is 427 g/mol. The van der Waals surface area contributed by atoms with Crippen LogP contribution in [0.25, 0.3) is 10.9 Å². The third-order valence-electron chi connectivity index (χ3n) is 6.12. The summed E-state index contributed by atoms with van der Waals surface area (Å²) in [5.74, 6) is -0.398. The van der Waals surface area contributed by atoms with Crippen molar-refractivity contribution in [1.29, 1.82) is 0 Å². The minimum Gasteiger partial charge on any atom is -0.464 e. The maximum Gasteiger partial charge on any atom is 0.328 e. The van der Waals surface area contributed by atoms with Crippen LogP contribution in [-0.2, 0) is 25.5 Å². The van der Waals surface area contributed by atoms with Gasteiger partial charge in [-0.25, -0.2) is 4.79 Å². The van der Waals surface area contributed by atoms with Gasteiger partial charge in [0.05, 0.1) is 6.61 Å². The Hall–Kier alpha value is -2.83. The van der Waals surface area contributed by atoms with Crippen molar-refractivity contribution < 1.29 is 19.1 Å². The van der Waals surface area contributed by atoms with Crippen molar-refractivity contribution in [3.8, 4) is 0 Å². The Morgan fingerprint density at radius 3 is 2.55 bits per heavy atom. The number of hydrogen-bond acceptors (Lipinski definition) is 4. The number of carbonyl (C=O) groups excluding carboxylic acids is 3. The predicted octanol–water partition coefficient (Wildman–Crippen LogP) is 3.09. The molecule has 2 aromatic rings. The van der Waals surface area contributed by atoms with Gasteiger partial charge < -0.3 is 20.4 Å². The summed E-state index contributed by atoms with van der Waals surface area (Å²) in [4.78, 5) is 41.2. The Balaban J connectivity index is 1.75. The van der Waals surface area contributed by atoms with Crippen molar-refractivity contribution >= 4 is 28.7 Å². The Morgan fingerprint density at radius 1 is 1.13 bits per heavy atom. The Labute approximate surface area is 183 Å². The summed E-state index contributed by atoms with van der Waals surface area (Å²) >= 11 is 0. The summed E-state index contributed by atoms with van der Waals surface area (Å²) in [6.45, 7) is 5.76. The molecule has 1 aliphatic rings. The highest BCUT2D eigenvalue weighted by Crippen LogP contribution is 2.28. The van der Waals surface area contributed by atoms with Crippen LogP contribution in [0.1, 0.15) is 52.0 Å². The molecule has 3 rings (SSSR count). The molecular formula is C24H33N3O4. The second-order valence-electron chi connectivity index (χ2n) is 8.56. The van der Waals surface area contributed by atoms with E-state index >= 15 is 0 Å². The van der Waals surface area contributed by atoms with Crippen LogP contribution < -0.4 is 10.6 Å². The standard InChI is InChI=1S/C24H33N3O4/c1-4-31-24(30)16(3)26-23(29)21(27-22(28)17-11-9-15(2)10-12-17)13-18-14-25-20-8-6-5-7-19(18)20/h5-8,14-17,21,25H,4,9-13H2,1-3H3,(H,26,29)(H,27,28). The van der Waals surface area contributed by atoms with Gasteiger partial charge in [-0.05, 0) is 57.1 Å². The van der Waals surface area contributed by atoms with Crippen LogP contribution in [0.4, 0.5) is 0 Å². The van der Waals surface area contributed by atoms with E-state index in [9.17, 15) is 14.4 Å². The number of hydrogen-bond donors (Lipinski definition) is 3. The van der Waals surface area contributed by atoms with E-state index in [1.54, 1.807) is 13.8 Å². The summed E-state index contributed by atoms with van der Waals surface area (Å²) in [6, 6.07) is 6.28. The summed E-state index contributed by atoms with van der Waals surface area (Å²) in [5.41, 5.74) is 1.92. The van der Waals surface area contributed by atoms with E-state index in [1.165, 1.54) is 0 Å². The molecule has 7 nitrogen and oxygen atoms in total. The molecule has 1 heterocycles. The number of rotatable bonds is 8. The van der Waals surface area contributed by atoms with Crippen LogP contribution in [0.3, 0.4) is 0 Å². The van der Waals surface area contributed by atoms with Crippen molar-refractivity contribution in [2.24, 2.45) is 11.8 Å². The number of H-pyrrole nitrogens is 1. The molecule has 0 aliphatic heterocycles. The molecular weight excluding hydrogens is 394 g/mol. The zero-order chi connectivity index (χ0) is 22.4. The molecule has 2 unspecified atom stereocenters. The molecule has 1 aromatic heterocycles. The zero-order valence-electron chi connectivity index (χ0n) is 18.6. The molecule has 0 spiro atoms. The number of carbonyl (C=O) groups is 3. The minimum atomic E-state index is -0.787. The fraction of sp³-hybridized carbons (Fsp3) is 0.542. The number of amides is 2. The van der Waals surface area contributed by atoms with Gasteiger partial charge in [-0.3, -0.25) is 9.59 Å². The summed E-state index contributed by atoms with van der Waals surface area (Å²) in [6.07, 6.45) is 5.93. The average molecular weight is 428 g/mol. The lowest BCUT2D eigenvalue weighted by atomic mass is 9.82. The molecule has 0 saturated heterocycles. The van der Waals surface area contributed by atoms with E-state index < -0.39 is 18.1 Å². The summed E-state index contributed by atoms with van der Waals surface area (Å²) in [5, 5.41) is 6.68. The predicted molar refractivity (Wildman–Crippen MR) is 119 cm³/mol. The molecule has 31 heavy (non-hydrogen) atoms. The molecule has 168 valence electrons. The van der Waals surface area contributed by atoms with Crippen LogP contribution in [0, 0.1) is 11.8 Å². The van der Waals surface area contributed by atoms with E-state index in [0.29, 0.717) is 12.3 Å². The highest BCUT2D eigenvalue weighted by molar-refractivity contribution is 5.92. The second-order valence-corrected chi connectivity index (χ2v) is 8.56. The Kier molecular flexibility index (Phi) is 7.71. The van der Waals surface area contributed by atoms with E-state index in [4.69, 9.17) is 4.74 Å². The highest BCUT2D eigenvalue weighted by Gasteiger charge is 2.30. The molecule has 2 atom stereocenters. The third kappa shape index (κ3) is 5.87. The zero-order valence-corrected chi connectivity index (χ0v) is 18.6. The fourth-order valence-electron chi connectivity index (χ4n) is 4.18. The first-order valence-electron chi connectivity index (χ1n) is 11.2. The molecule has 7 heteroatoms. The first-order chi connectivity index (χ1) is 14.9. The first-order valence-corrected chi connectivity index (χ1v) is 11.2. The Bertz CT molecular complexity index is 914. The van der Waals surface area contributed by atoms with Gasteiger partial charge in [-0.2, -0.15) is 0 Å². The van der Waals surface area contributed by atoms with Crippen LogP contribution in [0.5, 0.6) is 0 Å². The van der Waals surface area contributed by atoms with Crippen molar-refractivity contribution in [1.82, 2.24) is 15.6 Å². The number of aromatic amines is 1. The fourth-order valence-corrected chi connectivity index (χ4v) is 4.18. The van der Waals surface area contributed by atoms with Gasteiger partial charge in [-0.1, -0.05) is 25.1 Å². The van der Waals surface area contributed by atoms with E-state index in [-0.39, 0.29) is 24.3 Å². The number of fused-ring (bicyclic) bond motifs is 1. The van der Waals surface area contributed by atoms with Crippen molar-refractivity contribution in [3.63, 3.8) is 0 Å². The third-order valence-corrected chi connectivity index (χ3v) is 6.12. The number of aromatic nitrogens is 1. The van der Waals surface area contributed by atoms with Crippen LogP contribution in [0.15, 0.2) is 30.5 Å². The first kappa shape index (κ1) is 22.8. The lowest BCUT2D eigenvalue weighted by Gasteiger charge is -2.27. The molecule has 2 amide bonds. The minimum absolute atomic E-state index is 0.0723. The van der Waals surface area contributed by atoms with Gasteiger partial charge in [0.2, 0.25) is 11.8 Å². The molecule has 3 N–H and O–H groups in total. The van der Waals surface area contributed by atoms with Gasteiger partial charge in [0.1, 0.15) is 12.1 Å². The molecule has 0 radical (unpaired) electrons. The van der Waals surface area contributed by atoms with Crippen LogP contribution in [0.2, 0.25) is 0 Å². The van der Waals surface area contributed by atoms with Crippen molar-refractivity contribution in [3.05, 3.63) is 36.0 Å². The highest BCUT2D eigenvalue weighted by atomic mass is 16.5. The topological polar surface area (TPSA) is 100 Å². The van der Waals surface area contributed by atoms with Crippen LogP contribution >= 0.6 is 0 Å². The lowest BCUT2D eigenvalue weighted by Crippen LogP contribution is -2.53. The Morgan fingerprint density at radius 2 is 1.84 bits per heavy atom. The van der Waals surface area contributed by atoms with Gasteiger partial charge in [0, 0.05) is 29.4 Å². The quantitative estimate of drug-likeness (QED) is 0.564. The molecule has 1 aromatic carbocycles. The van der Waals surface area contributed by atoms with Crippen molar-refractivity contribution in [2.45, 2.75) is 65.0 Å². The number of esters is 1.